The Hall–Kier alpha value is -1.09. The molecule has 20 heavy (non-hydrogen) atoms. The molecule has 6 heteroatoms. The van der Waals surface area contributed by atoms with Crippen LogP contribution < -0.4 is 4.72 Å². The highest BCUT2D eigenvalue weighted by atomic mass is 35.5. The van der Waals surface area contributed by atoms with Gasteiger partial charge in [0.05, 0.1) is 16.7 Å². The quantitative estimate of drug-likeness (QED) is 0.908. The van der Waals surface area contributed by atoms with Gasteiger partial charge < -0.3 is 0 Å². The molecule has 4 nitrogen and oxygen atoms in total. The average Bonchev–Trinajstić information content (AvgIpc) is 3.18. The topological polar surface area (TPSA) is 70.0 Å². The van der Waals surface area contributed by atoms with Crippen LogP contribution in [-0.2, 0) is 10.0 Å². The largest absolute Gasteiger partial charge is 0.242 e. The fourth-order valence-corrected chi connectivity index (χ4v) is 3.88. The van der Waals surface area contributed by atoms with E-state index in [2.05, 4.69) is 18.6 Å². The van der Waals surface area contributed by atoms with Crippen LogP contribution in [0.2, 0.25) is 5.02 Å². The zero-order valence-electron chi connectivity index (χ0n) is 11.5. The summed E-state index contributed by atoms with van der Waals surface area (Å²) in [6.45, 7) is 4.62. The molecule has 0 atom stereocenters. The number of hydrogen-bond donors (Lipinski definition) is 1. The first-order valence-electron chi connectivity index (χ1n) is 6.50. The molecule has 0 unspecified atom stereocenters. The highest BCUT2D eigenvalue weighted by molar-refractivity contribution is 7.89. The van der Waals surface area contributed by atoms with Gasteiger partial charge in [0.1, 0.15) is 4.90 Å². The van der Waals surface area contributed by atoms with Crippen LogP contribution in [0.3, 0.4) is 0 Å². The standard InChI is InChI=1S/C14H17ClN2O2S/c1-10(2)14(5-6-14)9-17-20(18,19)13-7-11(8-16)3-4-12(13)15/h3-4,7,10,17H,5-6,9H2,1-2H3. The Balaban J connectivity index is 2.21. The molecule has 1 aromatic rings. The normalized spacial score (nSPS) is 16.9. The molecule has 0 radical (unpaired) electrons. The fourth-order valence-electron chi connectivity index (χ4n) is 2.21. The van der Waals surface area contributed by atoms with Gasteiger partial charge in [0.2, 0.25) is 10.0 Å². The van der Waals surface area contributed by atoms with E-state index in [0.29, 0.717) is 12.5 Å². The summed E-state index contributed by atoms with van der Waals surface area (Å²) >= 11 is 5.94. The lowest BCUT2D eigenvalue weighted by molar-refractivity contribution is 0.357. The van der Waals surface area contributed by atoms with Crippen molar-refractivity contribution in [3.05, 3.63) is 28.8 Å². The molecular formula is C14H17ClN2O2S. The van der Waals surface area contributed by atoms with Crippen molar-refractivity contribution in [2.45, 2.75) is 31.6 Å². The highest BCUT2D eigenvalue weighted by Crippen LogP contribution is 2.51. The molecule has 1 aromatic carbocycles. The fraction of sp³-hybridized carbons (Fsp3) is 0.500. The zero-order chi connectivity index (χ0) is 15.0. The maximum atomic E-state index is 12.3. The van der Waals surface area contributed by atoms with E-state index >= 15 is 0 Å². The third-order valence-corrected chi connectivity index (χ3v) is 5.96. The Kier molecular flexibility index (Phi) is 4.10. The van der Waals surface area contributed by atoms with Crippen molar-refractivity contribution in [3.8, 4) is 6.07 Å². The minimum absolute atomic E-state index is 0.0298. The Morgan fingerprint density at radius 2 is 2.10 bits per heavy atom. The Morgan fingerprint density at radius 1 is 1.45 bits per heavy atom. The predicted molar refractivity (Wildman–Crippen MR) is 77.9 cm³/mol. The monoisotopic (exact) mass is 312 g/mol. The average molecular weight is 313 g/mol. The molecule has 1 N–H and O–H groups in total. The van der Waals surface area contributed by atoms with E-state index in [4.69, 9.17) is 16.9 Å². The second-order valence-corrected chi connectivity index (χ2v) is 7.74. The van der Waals surface area contributed by atoms with Crippen molar-refractivity contribution >= 4 is 21.6 Å². The molecule has 0 aliphatic heterocycles. The van der Waals surface area contributed by atoms with Crippen LogP contribution in [0, 0.1) is 22.7 Å². The van der Waals surface area contributed by atoms with E-state index in [0.717, 1.165) is 12.8 Å². The Bertz CT molecular complexity index is 658. The van der Waals surface area contributed by atoms with Crippen LogP contribution >= 0.6 is 11.6 Å². The second-order valence-electron chi connectivity index (χ2n) is 5.60. The molecule has 0 spiro atoms. The van der Waals surface area contributed by atoms with Gasteiger partial charge in [-0.15, -0.1) is 0 Å². The summed E-state index contributed by atoms with van der Waals surface area (Å²) in [5.41, 5.74) is 0.353. The van der Waals surface area contributed by atoms with E-state index < -0.39 is 10.0 Å². The smallest absolute Gasteiger partial charge is 0.211 e. The third kappa shape index (κ3) is 2.98. The van der Waals surface area contributed by atoms with Crippen LogP contribution in [0.1, 0.15) is 32.3 Å². The Morgan fingerprint density at radius 3 is 2.60 bits per heavy atom. The minimum atomic E-state index is -3.68. The van der Waals surface area contributed by atoms with Crippen molar-refractivity contribution in [1.82, 2.24) is 4.72 Å². The molecule has 2 rings (SSSR count). The lowest BCUT2D eigenvalue weighted by atomic mass is 9.93. The second kappa shape index (κ2) is 5.36. The summed E-state index contributed by atoms with van der Waals surface area (Å²) in [6.07, 6.45) is 2.08. The number of hydrogen-bond acceptors (Lipinski definition) is 3. The Labute approximate surface area is 124 Å². The maximum Gasteiger partial charge on any atom is 0.242 e. The van der Waals surface area contributed by atoms with E-state index in [1.54, 1.807) is 0 Å². The number of sulfonamides is 1. The van der Waals surface area contributed by atoms with Crippen LogP contribution in [0.5, 0.6) is 0 Å². The van der Waals surface area contributed by atoms with Crippen LogP contribution in [0.25, 0.3) is 0 Å². The molecule has 1 fully saturated rings. The molecule has 1 saturated carbocycles. The predicted octanol–water partition coefficient (Wildman–Crippen LogP) is 2.93. The number of nitriles is 1. The number of rotatable bonds is 5. The maximum absolute atomic E-state index is 12.3. The SMILES string of the molecule is CC(C)C1(CNS(=O)(=O)c2cc(C#N)ccc2Cl)CC1. The molecule has 0 heterocycles. The molecule has 0 aromatic heterocycles. The molecule has 1 aliphatic carbocycles. The summed E-state index contributed by atoms with van der Waals surface area (Å²) in [7, 11) is -3.68. The number of benzene rings is 1. The van der Waals surface area contributed by atoms with Gasteiger partial charge in [-0.2, -0.15) is 5.26 Å². The van der Waals surface area contributed by atoms with Crippen molar-refractivity contribution in [2.75, 3.05) is 6.54 Å². The summed E-state index contributed by atoms with van der Waals surface area (Å²) in [4.78, 5) is -0.0298. The molecular weight excluding hydrogens is 296 g/mol. The van der Waals surface area contributed by atoms with Crippen molar-refractivity contribution in [3.63, 3.8) is 0 Å². The lowest BCUT2D eigenvalue weighted by Crippen LogP contribution is -2.32. The van der Waals surface area contributed by atoms with E-state index in [9.17, 15) is 8.42 Å². The summed E-state index contributed by atoms with van der Waals surface area (Å²) < 4.78 is 27.3. The van der Waals surface area contributed by atoms with E-state index in [-0.39, 0.29) is 20.9 Å². The summed E-state index contributed by atoms with van der Waals surface area (Å²) in [5, 5.41) is 8.98. The highest BCUT2D eigenvalue weighted by Gasteiger charge is 2.45. The first-order chi connectivity index (χ1) is 9.31. The van der Waals surface area contributed by atoms with E-state index in [1.165, 1.54) is 18.2 Å². The van der Waals surface area contributed by atoms with Crippen molar-refractivity contribution in [1.29, 1.82) is 5.26 Å². The summed E-state index contributed by atoms with van der Waals surface area (Å²) in [5.74, 6) is 0.436. The number of halogens is 1. The van der Waals surface area contributed by atoms with Gasteiger partial charge in [0.15, 0.2) is 0 Å². The first kappa shape index (κ1) is 15.3. The van der Waals surface area contributed by atoms with Crippen molar-refractivity contribution < 1.29 is 8.42 Å². The molecule has 108 valence electrons. The number of nitrogens with zero attached hydrogens (tertiary/aromatic N) is 1. The van der Waals surface area contributed by atoms with Gasteiger partial charge in [0, 0.05) is 6.54 Å². The first-order valence-corrected chi connectivity index (χ1v) is 8.36. The molecule has 1 aliphatic rings. The van der Waals surface area contributed by atoms with Crippen LogP contribution in [0.4, 0.5) is 0 Å². The zero-order valence-corrected chi connectivity index (χ0v) is 13.1. The van der Waals surface area contributed by atoms with Crippen molar-refractivity contribution in [2.24, 2.45) is 11.3 Å². The third-order valence-electron chi connectivity index (χ3n) is 4.08. The number of nitrogens with one attached hydrogen (secondary N) is 1. The van der Waals surface area contributed by atoms with Gasteiger partial charge >= 0.3 is 0 Å². The van der Waals surface area contributed by atoms with Gasteiger partial charge in [-0.25, -0.2) is 13.1 Å². The molecule has 0 amide bonds. The van der Waals surface area contributed by atoms with Gasteiger partial charge in [-0.1, -0.05) is 25.4 Å². The van der Waals surface area contributed by atoms with Gasteiger partial charge in [-0.05, 0) is 42.4 Å². The van der Waals surface area contributed by atoms with Gasteiger partial charge in [0.25, 0.3) is 0 Å². The van der Waals surface area contributed by atoms with Gasteiger partial charge in [-0.3, -0.25) is 0 Å². The molecule has 0 bridgehead atoms. The van der Waals surface area contributed by atoms with E-state index in [1.807, 2.05) is 6.07 Å². The minimum Gasteiger partial charge on any atom is -0.211 e. The lowest BCUT2D eigenvalue weighted by Gasteiger charge is -2.20. The molecule has 0 saturated heterocycles. The van der Waals surface area contributed by atoms with Crippen LogP contribution in [0.15, 0.2) is 23.1 Å². The van der Waals surface area contributed by atoms with Crippen LogP contribution in [-0.4, -0.2) is 15.0 Å². The summed E-state index contributed by atoms with van der Waals surface area (Å²) in [6, 6.07) is 6.16.